The van der Waals surface area contributed by atoms with Crippen LogP contribution in [0.1, 0.15) is 24.2 Å². The molecule has 0 saturated heterocycles. The fraction of sp³-hybridized carbons (Fsp3) is 0.250. The van der Waals surface area contributed by atoms with Gasteiger partial charge in [0.05, 0.1) is 23.9 Å². The molecule has 84 valence electrons. The highest BCUT2D eigenvalue weighted by Gasteiger charge is 2.11. The Bertz CT molecular complexity index is 503. The minimum Gasteiger partial charge on any atom is -0.323 e. The lowest BCUT2D eigenvalue weighted by molar-refractivity contribution is 0.612. The summed E-state index contributed by atoms with van der Waals surface area (Å²) in [5, 5.41) is 0. The molecule has 4 heteroatoms. The third kappa shape index (κ3) is 1.84. The van der Waals surface area contributed by atoms with Crippen molar-refractivity contribution in [1.29, 1.82) is 0 Å². The van der Waals surface area contributed by atoms with E-state index in [2.05, 4.69) is 4.98 Å². The second-order valence-corrected chi connectivity index (χ2v) is 3.93. The summed E-state index contributed by atoms with van der Waals surface area (Å²) < 4.78 is 15.4. The molecule has 0 unspecified atom stereocenters. The summed E-state index contributed by atoms with van der Waals surface area (Å²) in [7, 11) is 0. The van der Waals surface area contributed by atoms with Crippen molar-refractivity contribution in [2.24, 2.45) is 5.73 Å². The second-order valence-electron chi connectivity index (χ2n) is 3.93. The summed E-state index contributed by atoms with van der Waals surface area (Å²) in [6.45, 7) is 3.77. The number of halogens is 1. The van der Waals surface area contributed by atoms with Crippen molar-refractivity contribution in [2.75, 3.05) is 0 Å². The van der Waals surface area contributed by atoms with Crippen LogP contribution in [0.25, 0.3) is 5.69 Å². The van der Waals surface area contributed by atoms with Gasteiger partial charge in [-0.3, -0.25) is 4.57 Å². The third-order valence-electron chi connectivity index (χ3n) is 2.49. The second kappa shape index (κ2) is 4.06. The van der Waals surface area contributed by atoms with Crippen LogP contribution in [0.5, 0.6) is 0 Å². The largest absolute Gasteiger partial charge is 0.323 e. The van der Waals surface area contributed by atoms with Crippen LogP contribution in [-0.2, 0) is 0 Å². The molecule has 2 rings (SSSR count). The van der Waals surface area contributed by atoms with E-state index >= 15 is 0 Å². The molecule has 16 heavy (non-hydrogen) atoms. The number of nitrogens with zero attached hydrogens (tertiary/aromatic N) is 2. The molecule has 0 saturated carbocycles. The van der Waals surface area contributed by atoms with E-state index in [9.17, 15) is 4.39 Å². The van der Waals surface area contributed by atoms with E-state index in [1.54, 1.807) is 29.2 Å². The van der Waals surface area contributed by atoms with Crippen LogP contribution in [0.2, 0.25) is 0 Å². The van der Waals surface area contributed by atoms with Crippen molar-refractivity contribution in [3.8, 4) is 5.69 Å². The fourth-order valence-electron chi connectivity index (χ4n) is 1.65. The molecule has 3 nitrogen and oxygen atoms in total. The van der Waals surface area contributed by atoms with E-state index in [-0.39, 0.29) is 11.9 Å². The Morgan fingerprint density at radius 3 is 2.88 bits per heavy atom. The zero-order valence-electron chi connectivity index (χ0n) is 9.31. The molecule has 1 heterocycles. The average molecular weight is 219 g/mol. The highest BCUT2D eigenvalue weighted by molar-refractivity contribution is 5.39. The van der Waals surface area contributed by atoms with Crippen molar-refractivity contribution in [2.45, 2.75) is 19.9 Å². The Labute approximate surface area is 93.7 Å². The van der Waals surface area contributed by atoms with Crippen molar-refractivity contribution < 1.29 is 4.39 Å². The summed E-state index contributed by atoms with van der Waals surface area (Å²) in [6, 6.07) is 4.79. The van der Waals surface area contributed by atoms with Crippen molar-refractivity contribution in [1.82, 2.24) is 9.55 Å². The molecule has 1 aromatic heterocycles. The number of benzene rings is 1. The monoisotopic (exact) mass is 219 g/mol. The smallest absolute Gasteiger partial charge is 0.147 e. The van der Waals surface area contributed by atoms with E-state index in [1.807, 2.05) is 13.8 Å². The van der Waals surface area contributed by atoms with Gasteiger partial charge in [-0.05, 0) is 31.5 Å². The minimum atomic E-state index is -0.273. The van der Waals surface area contributed by atoms with E-state index in [4.69, 9.17) is 5.73 Å². The number of hydrogen-bond donors (Lipinski definition) is 1. The van der Waals surface area contributed by atoms with Crippen molar-refractivity contribution in [3.63, 3.8) is 0 Å². The molecule has 0 aliphatic heterocycles. The predicted octanol–water partition coefficient (Wildman–Crippen LogP) is 2.34. The summed E-state index contributed by atoms with van der Waals surface area (Å²) in [6.07, 6.45) is 3.24. The molecule has 2 aromatic rings. The van der Waals surface area contributed by atoms with Crippen LogP contribution >= 0.6 is 0 Å². The van der Waals surface area contributed by atoms with Gasteiger partial charge >= 0.3 is 0 Å². The number of aromatic nitrogens is 2. The lowest BCUT2D eigenvalue weighted by atomic mass is 10.2. The molecule has 0 amide bonds. The molecule has 2 N–H and O–H groups in total. The van der Waals surface area contributed by atoms with Crippen LogP contribution in [0.4, 0.5) is 4.39 Å². The first-order valence-corrected chi connectivity index (χ1v) is 5.14. The topological polar surface area (TPSA) is 43.8 Å². The number of aryl methyl sites for hydroxylation is 1. The molecule has 1 atom stereocenters. The number of hydrogen-bond acceptors (Lipinski definition) is 2. The Morgan fingerprint density at radius 1 is 1.44 bits per heavy atom. The summed E-state index contributed by atoms with van der Waals surface area (Å²) in [5.74, 6) is -0.273. The quantitative estimate of drug-likeness (QED) is 0.842. The number of rotatable bonds is 2. The van der Waals surface area contributed by atoms with Crippen LogP contribution < -0.4 is 5.73 Å². The number of imidazole rings is 1. The van der Waals surface area contributed by atoms with Gasteiger partial charge in [-0.1, -0.05) is 6.07 Å². The first kappa shape index (κ1) is 10.8. The zero-order chi connectivity index (χ0) is 11.7. The first-order chi connectivity index (χ1) is 7.59. The van der Waals surface area contributed by atoms with Crippen LogP contribution in [0, 0.1) is 12.7 Å². The Balaban J connectivity index is 2.58. The maximum absolute atomic E-state index is 13.7. The molecule has 0 fully saturated rings. The molecule has 0 bridgehead atoms. The van der Waals surface area contributed by atoms with Gasteiger partial charge in [-0.25, -0.2) is 9.37 Å². The molecule has 0 aliphatic carbocycles. The molecule has 0 aliphatic rings. The molecular formula is C12H14FN3. The number of nitrogens with two attached hydrogens (primary N) is 1. The highest BCUT2D eigenvalue weighted by Crippen LogP contribution is 2.19. The Morgan fingerprint density at radius 2 is 2.19 bits per heavy atom. The summed E-state index contributed by atoms with van der Waals surface area (Å²) in [5.41, 5.74) is 8.09. The van der Waals surface area contributed by atoms with Crippen molar-refractivity contribution >= 4 is 0 Å². The van der Waals surface area contributed by atoms with Gasteiger partial charge in [-0.15, -0.1) is 0 Å². The Hall–Kier alpha value is -1.68. The van der Waals surface area contributed by atoms with Crippen LogP contribution in [0.3, 0.4) is 0 Å². The maximum atomic E-state index is 13.7. The molecule has 0 radical (unpaired) electrons. The van der Waals surface area contributed by atoms with Gasteiger partial charge in [0.2, 0.25) is 0 Å². The normalized spacial score (nSPS) is 12.8. The lowest BCUT2D eigenvalue weighted by Gasteiger charge is -2.12. The van der Waals surface area contributed by atoms with Gasteiger partial charge in [0, 0.05) is 6.04 Å². The zero-order valence-corrected chi connectivity index (χ0v) is 9.31. The summed E-state index contributed by atoms with van der Waals surface area (Å²) >= 11 is 0. The van der Waals surface area contributed by atoms with Gasteiger partial charge in [0.25, 0.3) is 0 Å². The van der Waals surface area contributed by atoms with E-state index in [1.165, 1.54) is 6.07 Å². The lowest BCUT2D eigenvalue weighted by Crippen LogP contribution is -2.11. The predicted molar refractivity (Wildman–Crippen MR) is 60.9 cm³/mol. The highest BCUT2D eigenvalue weighted by atomic mass is 19.1. The van der Waals surface area contributed by atoms with Crippen molar-refractivity contribution in [3.05, 3.63) is 47.8 Å². The van der Waals surface area contributed by atoms with Crippen LogP contribution in [-0.4, -0.2) is 9.55 Å². The molecule has 0 spiro atoms. The van der Waals surface area contributed by atoms with Gasteiger partial charge < -0.3 is 5.73 Å². The van der Waals surface area contributed by atoms with Crippen LogP contribution in [0.15, 0.2) is 30.7 Å². The standard InChI is InChI=1S/C12H14FN3/c1-8-3-4-10(13)11(5-8)16-7-15-6-12(16)9(2)14/h3-7,9H,14H2,1-2H3/t9-/m0/s1. The third-order valence-corrected chi connectivity index (χ3v) is 2.49. The molecular weight excluding hydrogens is 205 g/mol. The maximum Gasteiger partial charge on any atom is 0.147 e. The first-order valence-electron chi connectivity index (χ1n) is 5.14. The minimum absolute atomic E-state index is 0.178. The molecule has 1 aromatic carbocycles. The van der Waals surface area contributed by atoms with E-state index in [0.717, 1.165) is 11.3 Å². The van der Waals surface area contributed by atoms with Gasteiger partial charge in [-0.2, -0.15) is 0 Å². The van der Waals surface area contributed by atoms with E-state index < -0.39 is 0 Å². The SMILES string of the molecule is Cc1ccc(F)c(-n2cncc2[C@H](C)N)c1. The van der Waals surface area contributed by atoms with E-state index in [0.29, 0.717) is 5.69 Å². The average Bonchev–Trinajstić information content (AvgIpc) is 2.70. The fourth-order valence-corrected chi connectivity index (χ4v) is 1.65. The Kier molecular flexibility index (Phi) is 2.75. The van der Waals surface area contributed by atoms with Gasteiger partial charge in [0.1, 0.15) is 5.82 Å². The summed E-state index contributed by atoms with van der Waals surface area (Å²) in [4.78, 5) is 4.01. The van der Waals surface area contributed by atoms with Gasteiger partial charge in [0.15, 0.2) is 0 Å².